The number of hydrogen-bond acceptors (Lipinski definition) is 10. The summed E-state index contributed by atoms with van der Waals surface area (Å²) in [5.74, 6) is 8.17. The molecule has 0 amide bonds. The van der Waals surface area contributed by atoms with Gasteiger partial charge in [-0.15, -0.1) is 0 Å². The predicted octanol–water partition coefficient (Wildman–Crippen LogP) is 6.85. The Morgan fingerprint density at radius 3 is 2.62 bits per heavy atom. The fourth-order valence-corrected chi connectivity index (χ4v) is 9.67. The predicted molar refractivity (Wildman–Crippen MR) is 229 cm³/mol. The molecule has 6 N–H and O–H groups in total. The number of ketones is 2. The van der Waals surface area contributed by atoms with E-state index < -0.39 is 18.1 Å². The lowest BCUT2D eigenvalue weighted by atomic mass is 9.74. The smallest absolute Gasteiger partial charge is 0.160 e. The van der Waals surface area contributed by atoms with Crippen LogP contribution >= 0.6 is 0 Å². The Bertz CT molecular complexity index is 1860. The molecule has 0 spiro atoms. The van der Waals surface area contributed by atoms with Gasteiger partial charge in [-0.05, 0) is 134 Å². The number of unbranched alkanes of at least 4 members (excludes halogenated alkanes) is 1. The van der Waals surface area contributed by atoms with Crippen molar-refractivity contribution in [1.29, 1.82) is 0 Å². The SMILES string of the molecule is COc1cc2c(cc1O)C(CCC(O)C(CCC(C)C)Cc1cc(N)ncc1CC1=CCN=C1)C#CC(C(O)CCCCC1CNC3CC(=O)CCC3C1)C(=O)CC2. The van der Waals surface area contributed by atoms with Crippen molar-refractivity contribution in [3.05, 3.63) is 58.3 Å². The Hall–Kier alpha value is -4.04. The van der Waals surface area contributed by atoms with Gasteiger partial charge in [0.2, 0.25) is 0 Å². The van der Waals surface area contributed by atoms with Crippen molar-refractivity contribution >= 4 is 23.6 Å². The number of fused-ring (bicyclic) bond motifs is 2. The third-order valence-corrected chi connectivity index (χ3v) is 13.2. The van der Waals surface area contributed by atoms with E-state index in [-0.39, 0.29) is 29.8 Å². The number of aryl methyl sites for hydroxylation is 1. The van der Waals surface area contributed by atoms with E-state index in [1.807, 2.05) is 18.5 Å². The average molecular weight is 795 g/mol. The molecule has 0 radical (unpaired) electrons. The molecule has 8 atom stereocenters. The van der Waals surface area contributed by atoms with Gasteiger partial charge in [0, 0.05) is 50.1 Å². The molecular formula is C48H66N4O6. The van der Waals surface area contributed by atoms with E-state index in [1.165, 1.54) is 7.11 Å². The van der Waals surface area contributed by atoms with Gasteiger partial charge in [-0.3, -0.25) is 14.6 Å². The van der Waals surface area contributed by atoms with Crippen LogP contribution in [0.2, 0.25) is 0 Å². The van der Waals surface area contributed by atoms with Gasteiger partial charge in [0.15, 0.2) is 17.3 Å². The minimum Gasteiger partial charge on any atom is -0.504 e. The van der Waals surface area contributed by atoms with Crippen molar-refractivity contribution < 1.29 is 29.6 Å². The highest BCUT2D eigenvalue weighted by molar-refractivity contribution is 5.85. The van der Waals surface area contributed by atoms with E-state index in [1.54, 1.807) is 12.1 Å². The zero-order valence-corrected chi connectivity index (χ0v) is 34.9. The van der Waals surface area contributed by atoms with Crippen LogP contribution in [0, 0.1) is 41.4 Å². The average Bonchev–Trinajstić information content (AvgIpc) is 3.74. The number of rotatable bonds is 18. The second kappa shape index (κ2) is 20.8. The summed E-state index contributed by atoms with van der Waals surface area (Å²) in [5, 5.41) is 38.0. The molecule has 10 heteroatoms. The summed E-state index contributed by atoms with van der Waals surface area (Å²) in [5.41, 5.74) is 11.3. The quantitative estimate of drug-likeness (QED) is 0.0801. The zero-order valence-electron chi connectivity index (χ0n) is 34.9. The second-order valence-corrected chi connectivity index (χ2v) is 17.9. The standard InChI is InChI=1S/C48H66N4O6/c1-30(2)8-9-36(22-37-24-48(49)52-29-38(37)21-32-18-19-50-27-32)43(54)16-12-33-11-15-40(45(56)17-13-34-23-47(58-3)46(57)26-41(33)34)44(55)7-5-4-6-31-20-35-10-14-39(53)25-42(35)51-28-31/h18,23-24,26-27,29-31,33,35-36,40,42-44,51,54-55,57H,4-10,12-14,16-17,19-22,25,28H2,1-3H3,(H2,49,52). The highest BCUT2D eigenvalue weighted by atomic mass is 16.5. The Morgan fingerprint density at radius 1 is 1.00 bits per heavy atom. The number of methoxy groups -OCH3 is 1. The highest BCUT2D eigenvalue weighted by Crippen LogP contribution is 2.38. The van der Waals surface area contributed by atoms with E-state index in [4.69, 9.17) is 10.5 Å². The number of hydrogen-bond donors (Lipinski definition) is 5. The maximum absolute atomic E-state index is 13.7. The van der Waals surface area contributed by atoms with E-state index in [0.29, 0.717) is 92.6 Å². The first kappa shape index (κ1) is 43.5. The monoisotopic (exact) mass is 794 g/mol. The number of aliphatic imine (C=N–C) groups is 1. The van der Waals surface area contributed by atoms with Crippen LogP contribution < -0.4 is 15.8 Å². The number of aromatic hydroxyl groups is 1. The molecule has 2 fully saturated rings. The number of benzene rings is 1. The van der Waals surface area contributed by atoms with Crippen molar-refractivity contribution in [1.82, 2.24) is 10.3 Å². The third kappa shape index (κ3) is 11.8. The van der Waals surface area contributed by atoms with Crippen LogP contribution in [0.5, 0.6) is 11.5 Å². The number of pyridine rings is 1. The van der Waals surface area contributed by atoms with Gasteiger partial charge < -0.3 is 31.1 Å². The number of nitrogens with zero attached hydrogens (tertiary/aromatic N) is 2. The fourth-order valence-electron chi connectivity index (χ4n) is 9.67. The molecule has 1 aromatic carbocycles. The number of nitrogens with two attached hydrogens (primary N) is 1. The molecule has 1 saturated heterocycles. The summed E-state index contributed by atoms with van der Waals surface area (Å²) in [6.45, 7) is 6.03. The van der Waals surface area contributed by atoms with Crippen molar-refractivity contribution in [2.75, 3.05) is 25.9 Å². The van der Waals surface area contributed by atoms with Crippen LogP contribution in [0.4, 0.5) is 5.82 Å². The Labute approximate surface area is 345 Å². The number of carbonyl (C=O) groups excluding carboxylic acids is 2. The number of phenols is 1. The third-order valence-electron chi connectivity index (χ3n) is 13.2. The molecule has 2 aliphatic carbocycles. The van der Waals surface area contributed by atoms with Gasteiger partial charge in [0.1, 0.15) is 17.5 Å². The van der Waals surface area contributed by atoms with Crippen LogP contribution in [-0.4, -0.2) is 76.5 Å². The van der Waals surface area contributed by atoms with Gasteiger partial charge in [0.25, 0.3) is 0 Å². The van der Waals surface area contributed by atoms with Crippen LogP contribution in [0.25, 0.3) is 0 Å². The number of nitrogens with one attached hydrogen (secondary N) is 1. The van der Waals surface area contributed by atoms with Gasteiger partial charge in [-0.2, -0.15) is 0 Å². The molecule has 4 aliphatic rings. The van der Waals surface area contributed by atoms with Crippen molar-refractivity contribution in [2.24, 2.45) is 34.6 Å². The zero-order chi connectivity index (χ0) is 41.2. The Kier molecular flexibility index (Phi) is 15.6. The molecular weight excluding hydrogens is 729 g/mol. The van der Waals surface area contributed by atoms with Gasteiger partial charge >= 0.3 is 0 Å². The minimum atomic E-state index is -0.873. The maximum atomic E-state index is 13.7. The first-order valence-corrected chi connectivity index (χ1v) is 21.9. The number of nitrogen functional groups attached to an aromatic ring is 1. The normalized spacial score (nSPS) is 24.7. The summed E-state index contributed by atoms with van der Waals surface area (Å²) in [6, 6.07) is 5.79. The number of anilines is 1. The van der Waals surface area contributed by atoms with E-state index in [0.717, 1.165) is 85.7 Å². The lowest BCUT2D eigenvalue weighted by Gasteiger charge is -2.39. The van der Waals surface area contributed by atoms with E-state index in [2.05, 4.69) is 47.1 Å². The highest BCUT2D eigenvalue weighted by Gasteiger charge is 2.35. The lowest BCUT2D eigenvalue weighted by Crippen LogP contribution is -2.48. The first-order valence-electron chi connectivity index (χ1n) is 21.9. The first-order chi connectivity index (χ1) is 28.0. The van der Waals surface area contributed by atoms with Crippen LogP contribution in [-0.2, 0) is 28.9 Å². The summed E-state index contributed by atoms with van der Waals surface area (Å²) >= 11 is 0. The summed E-state index contributed by atoms with van der Waals surface area (Å²) < 4.78 is 5.46. The summed E-state index contributed by atoms with van der Waals surface area (Å²) in [6.07, 6.45) is 16.1. The van der Waals surface area contributed by atoms with Crippen LogP contribution in [0.1, 0.15) is 125 Å². The number of ether oxygens (including phenoxy) is 1. The molecule has 1 saturated carbocycles. The van der Waals surface area contributed by atoms with Crippen molar-refractivity contribution in [2.45, 2.75) is 141 Å². The number of aliphatic hydroxyl groups is 2. The molecule has 2 aromatic rings. The number of carbonyl (C=O) groups is 2. The number of phenolic OH excluding ortho intramolecular Hbond substituents is 1. The molecule has 8 unspecified atom stereocenters. The number of Topliss-reactive ketones (excluding diaryl/α,β-unsaturated/α-hetero) is 2. The Morgan fingerprint density at radius 2 is 1.84 bits per heavy atom. The molecule has 3 heterocycles. The minimum absolute atomic E-state index is 0.0106. The van der Waals surface area contributed by atoms with E-state index in [9.17, 15) is 24.9 Å². The largest absolute Gasteiger partial charge is 0.504 e. The molecule has 58 heavy (non-hydrogen) atoms. The maximum Gasteiger partial charge on any atom is 0.160 e. The van der Waals surface area contributed by atoms with Gasteiger partial charge in [-0.25, -0.2) is 4.98 Å². The molecule has 0 bridgehead atoms. The molecule has 10 nitrogen and oxygen atoms in total. The fraction of sp³-hybridized carbons (Fsp3) is 0.625. The lowest BCUT2D eigenvalue weighted by molar-refractivity contribution is -0.124. The Balaban J connectivity index is 1.14. The topological polar surface area (TPSA) is 167 Å². The number of aromatic nitrogens is 1. The number of piperidine rings is 1. The molecule has 6 rings (SSSR count). The van der Waals surface area contributed by atoms with Crippen LogP contribution in [0.3, 0.4) is 0 Å². The van der Waals surface area contributed by atoms with Crippen molar-refractivity contribution in [3.8, 4) is 23.3 Å². The van der Waals surface area contributed by atoms with Gasteiger partial charge in [0.05, 0.1) is 25.9 Å². The molecule has 2 aliphatic heterocycles. The van der Waals surface area contributed by atoms with Crippen molar-refractivity contribution in [3.63, 3.8) is 0 Å². The summed E-state index contributed by atoms with van der Waals surface area (Å²) in [7, 11) is 1.51. The van der Waals surface area contributed by atoms with E-state index >= 15 is 0 Å². The number of allylic oxidation sites excluding steroid dienone is 1. The molecule has 314 valence electrons. The molecule has 1 aromatic heterocycles. The summed E-state index contributed by atoms with van der Waals surface area (Å²) in [4.78, 5) is 34.4. The van der Waals surface area contributed by atoms with Gasteiger partial charge in [-0.1, -0.05) is 51.0 Å². The second-order valence-electron chi connectivity index (χ2n) is 17.9. The number of aliphatic hydroxyl groups excluding tert-OH is 2. The van der Waals surface area contributed by atoms with Crippen LogP contribution in [0.15, 0.2) is 41.0 Å².